The van der Waals surface area contributed by atoms with Crippen LogP contribution in [0.2, 0.25) is 0 Å². The van der Waals surface area contributed by atoms with Crippen LogP contribution in [-0.2, 0) is 14.3 Å². The number of ether oxygens (including phenoxy) is 2. The Morgan fingerprint density at radius 2 is 2.25 bits per heavy atom. The number of halogens is 1. The van der Waals surface area contributed by atoms with Gasteiger partial charge >= 0.3 is 5.97 Å². The van der Waals surface area contributed by atoms with Crippen molar-refractivity contribution in [2.45, 2.75) is 31.0 Å². The van der Waals surface area contributed by atoms with Crippen molar-refractivity contribution in [2.75, 3.05) is 25.1 Å². The number of hydrogen-bond acceptors (Lipinski definition) is 6. The van der Waals surface area contributed by atoms with Crippen molar-refractivity contribution in [3.05, 3.63) is 18.3 Å². The third kappa shape index (κ3) is 2.22. The van der Waals surface area contributed by atoms with Crippen LogP contribution in [0, 0.1) is 5.95 Å². The molecule has 6 nitrogen and oxygen atoms in total. The summed E-state index contributed by atoms with van der Waals surface area (Å²) in [6.07, 6.45) is 4.70. The highest BCUT2D eigenvalue weighted by molar-refractivity contribution is 5.74. The van der Waals surface area contributed by atoms with Gasteiger partial charge in [-0.25, -0.2) is 14.8 Å². The number of rotatable bonds is 2. The fourth-order valence-electron chi connectivity index (χ4n) is 2.88. The van der Waals surface area contributed by atoms with Crippen molar-refractivity contribution >= 4 is 11.8 Å². The summed E-state index contributed by atoms with van der Waals surface area (Å²) >= 11 is 0. The van der Waals surface area contributed by atoms with Crippen LogP contribution >= 0.6 is 0 Å². The summed E-state index contributed by atoms with van der Waals surface area (Å²) in [5, 5.41) is 0. The second kappa shape index (κ2) is 4.97. The summed E-state index contributed by atoms with van der Waals surface area (Å²) in [5.41, 5.74) is -0.388. The molecule has 0 aromatic carbocycles. The molecule has 1 spiro atoms. The molecule has 1 atom stereocenters. The Bertz CT molecular complexity index is 519. The number of aromatic nitrogens is 2. The van der Waals surface area contributed by atoms with E-state index in [0.29, 0.717) is 19.5 Å². The monoisotopic (exact) mass is 281 g/mol. The molecule has 1 aromatic heterocycles. The van der Waals surface area contributed by atoms with Crippen LogP contribution in [0.25, 0.3) is 0 Å². The van der Waals surface area contributed by atoms with Gasteiger partial charge in [-0.2, -0.15) is 4.39 Å². The first-order valence-electron chi connectivity index (χ1n) is 6.61. The van der Waals surface area contributed by atoms with E-state index in [1.807, 2.05) is 0 Å². The van der Waals surface area contributed by atoms with Gasteiger partial charge < -0.3 is 14.4 Å². The Morgan fingerprint density at radius 1 is 1.50 bits per heavy atom. The first-order valence-corrected chi connectivity index (χ1v) is 6.61. The molecule has 20 heavy (non-hydrogen) atoms. The SMILES string of the molecule is COC(=O)C1CCCC2(CN(c3nccnc3F)C2)O1. The highest BCUT2D eigenvalue weighted by atomic mass is 19.1. The van der Waals surface area contributed by atoms with E-state index in [9.17, 15) is 9.18 Å². The predicted octanol–water partition coefficient (Wildman–Crippen LogP) is 0.917. The van der Waals surface area contributed by atoms with E-state index in [4.69, 9.17) is 9.47 Å². The van der Waals surface area contributed by atoms with Crippen molar-refractivity contribution in [2.24, 2.45) is 0 Å². The van der Waals surface area contributed by atoms with Crippen LogP contribution in [0.15, 0.2) is 12.4 Å². The van der Waals surface area contributed by atoms with Gasteiger partial charge in [0, 0.05) is 12.4 Å². The maximum atomic E-state index is 13.5. The van der Waals surface area contributed by atoms with Crippen LogP contribution in [0.5, 0.6) is 0 Å². The lowest BCUT2D eigenvalue weighted by Crippen LogP contribution is -2.66. The van der Waals surface area contributed by atoms with E-state index in [0.717, 1.165) is 12.8 Å². The normalized spacial score (nSPS) is 24.3. The minimum absolute atomic E-state index is 0.238. The van der Waals surface area contributed by atoms with Gasteiger partial charge in [0.2, 0.25) is 0 Å². The largest absolute Gasteiger partial charge is 0.467 e. The average molecular weight is 281 g/mol. The molecular weight excluding hydrogens is 265 g/mol. The molecule has 0 saturated carbocycles. The Morgan fingerprint density at radius 3 is 2.95 bits per heavy atom. The second-order valence-electron chi connectivity index (χ2n) is 5.23. The molecule has 0 bridgehead atoms. The maximum absolute atomic E-state index is 13.5. The quantitative estimate of drug-likeness (QED) is 0.751. The summed E-state index contributed by atoms with van der Waals surface area (Å²) in [4.78, 5) is 20.9. The summed E-state index contributed by atoms with van der Waals surface area (Å²) in [7, 11) is 1.36. The molecular formula is C13H16FN3O3. The van der Waals surface area contributed by atoms with Crippen LogP contribution in [-0.4, -0.2) is 47.8 Å². The van der Waals surface area contributed by atoms with Gasteiger partial charge in [0.05, 0.1) is 20.2 Å². The summed E-state index contributed by atoms with van der Waals surface area (Å²) in [6.45, 7) is 1.05. The Labute approximate surface area is 115 Å². The zero-order chi connectivity index (χ0) is 14.2. The smallest absolute Gasteiger partial charge is 0.335 e. The molecule has 2 aliphatic rings. The summed E-state index contributed by atoms with van der Waals surface area (Å²) in [5.74, 6) is -0.683. The zero-order valence-electron chi connectivity index (χ0n) is 11.2. The van der Waals surface area contributed by atoms with E-state index in [-0.39, 0.29) is 17.4 Å². The number of carbonyl (C=O) groups excluding carboxylic acids is 1. The fourth-order valence-corrected chi connectivity index (χ4v) is 2.88. The van der Waals surface area contributed by atoms with Crippen molar-refractivity contribution in [3.8, 4) is 0 Å². The third-order valence-corrected chi connectivity index (χ3v) is 3.85. The van der Waals surface area contributed by atoms with Crippen molar-refractivity contribution in [1.29, 1.82) is 0 Å². The molecule has 7 heteroatoms. The van der Waals surface area contributed by atoms with Gasteiger partial charge in [0.15, 0.2) is 11.9 Å². The summed E-state index contributed by atoms with van der Waals surface area (Å²) in [6, 6.07) is 0. The molecule has 3 heterocycles. The number of carbonyl (C=O) groups is 1. The summed E-state index contributed by atoms with van der Waals surface area (Å²) < 4.78 is 24.1. The van der Waals surface area contributed by atoms with Gasteiger partial charge in [-0.05, 0) is 19.3 Å². The van der Waals surface area contributed by atoms with Crippen molar-refractivity contribution in [1.82, 2.24) is 9.97 Å². The molecule has 0 amide bonds. The van der Waals surface area contributed by atoms with E-state index < -0.39 is 12.1 Å². The van der Waals surface area contributed by atoms with Crippen LogP contribution < -0.4 is 4.90 Å². The first kappa shape index (κ1) is 13.2. The number of nitrogens with zero attached hydrogens (tertiary/aromatic N) is 3. The van der Waals surface area contributed by atoms with Crippen LogP contribution in [0.1, 0.15) is 19.3 Å². The van der Waals surface area contributed by atoms with Gasteiger partial charge in [0.25, 0.3) is 5.95 Å². The lowest BCUT2D eigenvalue weighted by Gasteiger charge is -2.53. The molecule has 0 aliphatic carbocycles. The number of hydrogen-bond donors (Lipinski definition) is 0. The van der Waals surface area contributed by atoms with E-state index in [2.05, 4.69) is 9.97 Å². The zero-order valence-corrected chi connectivity index (χ0v) is 11.2. The standard InChI is InChI=1S/C13H16FN3O3/c1-19-12(18)9-3-2-4-13(20-9)7-17(8-13)11-10(14)15-5-6-16-11/h5-6,9H,2-4,7-8H2,1H3. The predicted molar refractivity (Wildman–Crippen MR) is 67.7 cm³/mol. The number of anilines is 1. The Balaban J connectivity index is 1.67. The lowest BCUT2D eigenvalue weighted by atomic mass is 9.84. The minimum atomic E-state index is -0.581. The van der Waals surface area contributed by atoms with Gasteiger partial charge in [0.1, 0.15) is 5.60 Å². The highest BCUT2D eigenvalue weighted by Gasteiger charge is 2.50. The van der Waals surface area contributed by atoms with E-state index >= 15 is 0 Å². The molecule has 0 radical (unpaired) electrons. The van der Waals surface area contributed by atoms with Gasteiger partial charge in [-0.1, -0.05) is 0 Å². The third-order valence-electron chi connectivity index (χ3n) is 3.85. The molecule has 2 fully saturated rings. The van der Waals surface area contributed by atoms with E-state index in [1.165, 1.54) is 19.5 Å². The molecule has 2 aliphatic heterocycles. The highest BCUT2D eigenvalue weighted by Crippen LogP contribution is 2.38. The second-order valence-corrected chi connectivity index (χ2v) is 5.23. The van der Waals surface area contributed by atoms with Crippen LogP contribution in [0.3, 0.4) is 0 Å². The first-order chi connectivity index (χ1) is 9.63. The van der Waals surface area contributed by atoms with E-state index in [1.54, 1.807) is 4.90 Å². The lowest BCUT2D eigenvalue weighted by molar-refractivity contribution is -0.182. The Kier molecular flexibility index (Phi) is 3.29. The fraction of sp³-hybridized carbons (Fsp3) is 0.615. The maximum Gasteiger partial charge on any atom is 0.335 e. The Hall–Kier alpha value is -1.76. The molecule has 0 N–H and O–H groups in total. The van der Waals surface area contributed by atoms with Gasteiger partial charge in [-0.15, -0.1) is 0 Å². The molecule has 3 rings (SSSR count). The molecule has 1 aromatic rings. The number of methoxy groups -OCH3 is 1. The molecule has 108 valence electrons. The van der Waals surface area contributed by atoms with Crippen molar-refractivity contribution < 1.29 is 18.7 Å². The topological polar surface area (TPSA) is 64.5 Å². The van der Waals surface area contributed by atoms with Gasteiger partial charge in [-0.3, -0.25) is 0 Å². The molecule has 1 unspecified atom stereocenters. The van der Waals surface area contributed by atoms with Crippen LogP contribution in [0.4, 0.5) is 10.2 Å². The minimum Gasteiger partial charge on any atom is -0.467 e. The average Bonchev–Trinajstić information content (AvgIpc) is 2.44. The number of esters is 1. The molecule has 2 saturated heterocycles. The van der Waals surface area contributed by atoms with Crippen molar-refractivity contribution in [3.63, 3.8) is 0 Å².